The normalized spacial score (nSPS) is 11.5. The maximum atomic E-state index is 12.9. The van der Waals surface area contributed by atoms with Crippen molar-refractivity contribution in [2.24, 2.45) is 0 Å². The van der Waals surface area contributed by atoms with Gasteiger partial charge < -0.3 is 15.2 Å². The molecule has 2 aromatic heterocycles. The molecule has 2 heterocycles. The molecule has 0 unspecified atom stereocenters. The molecule has 31 heavy (non-hydrogen) atoms. The third kappa shape index (κ3) is 4.65. The van der Waals surface area contributed by atoms with Crippen LogP contribution < -0.4 is 10.1 Å². The van der Waals surface area contributed by atoms with Crippen LogP contribution in [0.2, 0.25) is 0 Å². The van der Waals surface area contributed by atoms with Gasteiger partial charge in [0, 0.05) is 33.4 Å². The van der Waals surface area contributed by atoms with E-state index in [4.69, 9.17) is 9.84 Å². The van der Waals surface area contributed by atoms with Gasteiger partial charge >= 0.3 is 6.18 Å². The first-order chi connectivity index (χ1) is 14.8. The smallest absolute Gasteiger partial charge is 0.416 e. The topological polar surface area (TPSA) is 84.3 Å². The van der Waals surface area contributed by atoms with Crippen molar-refractivity contribution < 1.29 is 27.8 Å². The molecule has 1 amide bonds. The molecule has 0 spiro atoms. The van der Waals surface area contributed by atoms with Gasteiger partial charge in [-0.3, -0.25) is 4.79 Å². The number of ether oxygens (including phenoxy) is 1. The van der Waals surface area contributed by atoms with Crippen LogP contribution in [0.15, 0.2) is 60.1 Å². The number of carbonyl (C=O) groups is 1. The van der Waals surface area contributed by atoms with E-state index in [0.29, 0.717) is 16.7 Å². The fraction of sp³-hybridized carbons (Fsp3) is 0.0952. The van der Waals surface area contributed by atoms with E-state index in [1.54, 1.807) is 29.6 Å². The molecule has 4 aromatic rings. The van der Waals surface area contributed by atoms with Crippen molar-refractivity contribution in [3.8, 4) is 11.6 Å². The lowest BCUT2D eigenvalue weighted by Gasteiger charge is -2.10. The molecule has 0 saturated carbocycles. The lowest BCUT2D eigenvalue weighted by Crippen LogP contribution is -2.12. The second-order valence-corrected chi connectivity index (χ2v) is 7.32. The summed E-state index contributed by atoms with van der Waals surface area (Å²) in [6.45, 7) is -0.314. The Morgan fingerprint density at radius 2 is 2.00 bits per heavy atom. The molecule has 0 fully saturated rings. The van der Waals surface area contributed by atoms with E-state index in [1.807, 2.05) is 0 Å². The summed E-state index contributed by atoms with van der Waals surface area (Å²) in [5, 5.41) is 13.9. The number of thiophene rings is 1. The van der Waals surface area contributed by atoms with Crippen LogP contribution in [0.5, 0.6) is 11.6 Å². The van der Waals surface area contributed by atoms with Gasteiger partial charge in [-0.05, 0) is 36.4 Å². The molecule has 4 rings (SSSR count). The number of nitrogens with zero attached hydrogens (tertiary/aromatic N) is 2. The lowest BCUT2D eigenvalue weighted by molar-refractivity contribution is -0.137. The molecule has 10 heteroatoms. The highest BCUT2D eigenvalue weighted by Gasteiger charge is 2.30. The molecule has 0 bridgehead atoms. The van der Waals surface area contributed by atoms with Gasteiger partial charge in [-0.1, -0.05) is 6.07 Å². The van der Waals surface area contributed by atoms with E-state index in [2.05, 4.69) is 15.3 Å². The summed E-state index contributed by atoms with van der Waals surface area (Å²) < 4.78 is 45.1. The van der Waals surface area contributed by atoms with Crippen molar-refractivity contribution >= 4 is 33.0 Å². The van der Waals surface area contributed by atoms with E-state index < -0.39 is 17.6 Å². The molecule has 2 N–H and O–H groups in total. The minimum absolute atomic E-state index is 0.0579. The average Bonchev–Trinajstić information content (AvgIpc) is 3.17. The molecule has 6 nitrogen and oxygen atoms in total. The fourth-order valence-corrected chi connectivity index (χ4v) is 3.82. The molecule has 2 aromatic carbocycles. The van der Waals surface area contributed by atoms with Crippen LogP contribution in [-0.4, -0.2) is 21.0 Å². The Balaban J connectivity index is 1.54. The quantitative estimate of drug-likeness (QED) is 0.439. The number of halogens is 3. The Kier molecular flexibility index (Phi) is 5.57. The minimum atomic E-state index is -4.49. The highest BCUT2D eigenvalue weighted by Crippen LogP contribution is 2.33. The molecule has 0 aliphatic carbocycles. The van der Waals surface area contributed by atoms with E-state index in [0.717, 1.165) is 16.8 Å². The summed E-state index contributed by atoms with van der Waals surface area (Å²) in [7, 11) is 0. The summed E-state index contributed by atoms with van der Waals surface area (Å²) in [6, 6.07) is 11.1. The molecule has 0 atom stereocenters. The van der Waals surface area contributed by atoms with Crippen LogP contribution in [0.3, 0.4) is 0 Å². The number of hydrogen-bond donors (Lipinski definition) is 2. The first-order valence-corrected chi connectivity index (χ1v) is 9.82. The standard InChI is InChI=1S/C21H14F3N3O3S/c22-21(23,24)12-2-1-3-13(8-12)26-20(29)16-11-31-17-9-14(4-5-15(16)17)30-19-6-7-25-18(10-28)27-19/h1-9,11,28H,10H2,(H,26,29). The second-order valence-electron chi connectivity index (χ2n) is 6.41. The van der Waals surface area contributed by atoms with E-state index in [9.17, 15) is 18.0 Å². The van der Waals surface area contributed by atoms with Gasteiger partial charge in [0.25, 0.3) is 5.91 Å². The zero-order valence-electron chi connectivity index (χ0n) is 15.7. The first kappa shape index (κ1) is 20.8. The van der Waals surface area contributed by atoms with Crippen molar-refractivity contribution in [1.82, 2.24) is 9.97 Å². The average molecular weight is 445 g/mol. The molecule has 0 aliphatic rings. The molecule has 158 valence electrons. The highest BCUT2D eigenvalue weighted by atomic mass is 32.1. The van der Waals surface area contributed by atoms with Gasteiger partial charge in [-0.25, -0.2) is 4.98 Å². The fourth-order valence-electron chi connectivity index (χ4n) is 2.85. The number of alkyl halides is 3. The van der Waals surface area contributed by atoms with Gasteiger partial charge in [0.1, 0.15) is 12.4 Å². The Labute approximate surface area is 178 Å². The number of aromatic nitrogens is 2. The summed E-state index contributed by atoms with van der Waals surface area (Å²) in [6.07, 6.45) is -3.03. The second kappa shape index (κ2) is 8.32. The highest BCUT2D eigenvalue weighted by molar-refractivity contribution is 7.17. The monoisotopic (exact) mass is 445 g/mol. The van der Waals surface area contributed by atoms with Crippen molar-refractivity contribution in [2.75, 3.05) is 5.32 Å². The van der Waals surface area contributed by atoms with Gasteiger partial charge in [0.2, 0.25) is 5.88 Å². The Morgan fingerprint density at radius 1 is 1.16 bits per heavy atom. The number of fused-ring (bicyclic) bond motifs is 1. The summed E-state index contributed by atoms with van der Waals surface area (Å²) in [4.78, 5) is 20.6. The van der Waals surface area contributed by atoms with E-state index in [-0.39, 0.29) is 24.0 Å². The van der Waals surface area contributed by atoms with Crippen LogP contribution in [0.25, 0.3) is 10.1 Å². The van der Waals surface area contributed by atoms with Crippen LogP contribution in [-0.2, 0) is 12.8 Å². The van der Waals surface area contributed by atoms with E-state index in [1.165, 1.54) is 29.7 Å². The predicted octanol–water partition coefficient (Wildman–Crippen LogP) is 5.25. The zero-order valence-corrected chi connectivity index (χ0v) is 16.5. The Bertz CT molecular complexity index is 1260. The number of aliphatic hydroxyl groups excluding tert-OH is 1. The summed E-state index contributed by atoms with van der Waals surface area (Å²) >= 11 is 1.30. The zero-order chi connectivity index (χ0) is 22.0. The molecule has 0 aliphatic heterocycles. The number of nitrogens with one attached hydrogen (secondary N) is 1. The Morgan fingerprint density at radius 3 is 2.77 bits per heavy atom. The van der Waals surface area contributed by atoms with Gasteiger partial charge in [-0.2, -0.15) is 18.2 Å². The molecule has 0 saturated heterocycles. The summed E-state index contributed by atoms with van der Waals surface area (Å²) in [5.41, 5.74) is -0.438. The number of anilines is 1. The lowest BCUT2D eigenvalue weighted by atomic mass is 10.1. The minimum Gasteiger partial charge on any atom is -0.439 e. The maximum Gasteiger partial charge on any atom is 0.416 e. The number of carbonyl (C=O) groups excluding carboxylic acids is 1. The number of hydrogen-bond acceptors (Lipinski definition) is 6. The number of rotatable bonds is 5. The van der Waals surface area contributed by atoms with Crippen molar-refractivity contribution in [3.63, 3.8) is 0 Å². The molecular weight excluding hydrogens is 431 g/mol. The van der Waals surface area contributed by atoms with E-state index >= 15 is 0 Å². The third-order valence-electron chi connectivity index (χ3n) is 4.28. The third-order valence-corrected chi connectivity index (χ3v) is 5.23. The van der Waals surface area contributed by atoms with Crippen molar-refractivity contribution in [2.45, 2.75) is 12.8 Å². The molecule has 0 radical (unpaired) electrons. The Hall–Kier alpha value is -3.50. The molecular formula is C21H14F3N3O3S. The van der Waals surface area contributed by atoms with Crippen LogP contribution in [0.1, 0.15) is 21.7 Å². The van der Waals surface area contributed by atoms with Gasteiger partial charge in [-0.15, -0.1) is 11.3 Å². The maximum absolute atomic E-state index is 12.9. The summed E-state index contributed by atoms with van der Waals surface area (Å²) in [5.74, 6) is 0.449. The van der Waals surface area contributed by atoms with Crippen LogP contribution >= 0.6 is 11.3 Å². The van der Waals surface area contributed by atoms with Crippen molar-refractivity contribution in [3.05, 3.63) is 77.1 Å². The largest absolute Gasteiger partial charge is 0.439 e. The van der Waals surface area contributed by atoms with Crippen molar-refractivity contribution in [1.29, 1.82) is 0 Å². The number of amides is 1. The number of benzene rings is 2. The van der Waals surface area contributed by atoms with Crippen LogP contribution in [0, 0.1) is 0 Å². The van der Waals surface area contributed by atoms with Gasteiger partial charge in [0.15, 0.2) is 5.82 Å². The first-order valence-electron chi connectivity index (χ1n) is 8.94. The van der Waals surface area contributed by atoms with Gasteiger partial charge in [0.05, 0.1) is 11.1 Å². The van der Waals surface area contributed by atoms with Crippen LogP contribution in [0.4, 0.5) is 18.9 Å². The number of aliphatic hydroxyl groups is 1. The predicted molar refractivity (Wildman–Crippen MR) is 109 cm³/mol. The SMILES string of the molecule is O=C(Nc1cccc(C(F)(F)F)c1)c1csc2cc(Oc3ccnc(CO)n3)ccc12.